The van der Waals surface area contributed by atoms with Crippen molar-refractivity contribution in [3.63, 3.8) is 0 Å². The van der Waals surface area contributed by atoms with Gasteiger partial charge in [0.2, 0.25) is 0 Å². The van der Waals surface area contributed by atoms with E-state index in [9.17, 15) is 0 Å². The molecule has 1 N–H and O–H groups in total. The predicted molar refractivity (Wildman–Crippen MR) is 74.0 cm³/mol. The Bertz CT molecular complexity index is 312. The molecule has 0 aromatic carbocycles. The van der Waals surface area contributed by atoms with Gasteiger partial charge in [0.15, 0.2) is 0 Å². The first-order chi connectivity index (χ1) is 7.53. The van der Waals surface area contributed by atoms with Crippen molar-refractivity contribution in [1.82, 2.24) is 5.32 Å². The van der Waals surface area contributed by atoms with Gasteiger partial charge in [-0.15, -0.1) is 11.3 Å². The molecule has 0 aliphatic rings. The van der Waals surface area contributed by atoms with Gasteiger partial charge in [0, 0.05) is 31.7 Å². The maximum atomic E-state index is 5.11. The molecule has 0 fully saturated rings. The minimum absolute atomic E-state index is 0.296. The Morgan fingerprint density at radius 3 is 2.75 bits per heavy atom. The van der Waals surface area contributed by atoms with Crippen molar-refractivity contribution < 1.29 is 4.74 Å². The quantitative estimate of drug-likeness (QED) is 0.830. The third kappa shape index (κ3) is 5.43. The van der Waals surface area contributed by atoms with Crippen LogP contribution in [-0.4, -0.2) is 20.3 Å². The fourth-order valence-corrected chi connectivity index (χ4v) is 2.89. The van der Waals surface area contributed by atoms with Crippen LogP contribution < -0.4 is 5.32 Å². The predicted octanol–water partition coefficient (Wildman–Crippen LogP) is 3.66. The van der Waals surface area contributed by atoms with Gasteiger partial charge in [-0.25, -0.2) is 0 Å². The summed E-state index contributed by atoms with van der Waals surface area (Å²) in [5.41, 5.74) is 0.296. The molecule has 0 atom stereocenters. The van der Waals surface area contributed by atoms with Crippen molar-refractivity contribution in [3.8, 4) is 0 Å². The molecular weight excluding hydrogens is 286 g/mol. The zero-order chi connectivity index (χ0) is 12.0. The monoisotopic (exact) mass is 305 g/mol. The zero-order valence-corrected chi connectivity index (χ0v) is 12.6. The van der Waals surface area contributed by atoms with Crippen LogP contribution in [0.2, 0.25) is 0 Å². The Labute approximate surface area is 111 Å². The zero-order valence-electron chi connectivity index (χ0n) is 10.2. The summed E-state index contributed by atoms with van der Waals surface area (Å²) in [7, 11) is 1.76. The molecule has 0 radical (unpaired) electrons. The summed E-state index contributed by atoms with van der Waals surface area (Å²) < 4.78 is 6.31. The lowest BCUT2D eigenvalue weighted by molar-refractivity contribution is 0.150. The molecule has 92 valence electrons. The van der Waals surface area contributed by atoms with Gasteiger partial charge in [0.1, 0.15) is 0 Å². The lowest BCUT2D eigenvalue weighted by atomic mass is 9.90. The van der Waals surface area contributed by atoms with Gasteiger partial charge in [0.25, 0.3) is 0 Å². The van der Waals surface area contributed by atoms with E-state index < -0.39 is 0 Å². The third-order valence-corrected chi connectivity index (χ3v) is 4.14. The van der Waals surface area contributed by atoms with Crippen molar-refractivity contribution in [3.05, 3.63) is 20.8 Å². The standard InChI is InChI=1S/C12H20BrNOS/c1-12(2,6-7-15-3)9-14-8-10-4-5-11(13)16-10/h4-5,14H,6-9H2,1-3H3. The molecule has 0 aliphatic carbocycles. The number of rotatable bonds is 7. The lowest BCUT2D eigenvalue weighted by Gasteiger charge is -2.24. The van der Waals surface area contributed by atoms with E-state index in [1.165, 1.54) is 8.66 Å². The Hall–Kier alpha value is 0.1000. The van der Waals surface area contributed by atoms with E-state index in [1.807, 2.05) is 0 Å². The van der Waals surface area contributed by atoms with Gasteiger partial charge in [-0.05, 0) is 39.9 Å². The second-order valence-electron chi connectivity index (χ2n) is 4.72. The van der Waals surface area contributed by atoms with Crippen LogP contribution >= 0.6 is 27.3 Å². The summed E-state index contributed by atoms with van der Waals surface area (Å²) in [6, 6.07) is 4.25. The Morgan fingerprint density at radius 2 is 2.19 bits per heavy atom. The summed E-state index contributed by atoms with van der Waals surface area (Å²) in [6.45, 7) is 7.34. The van der Waals surface area contributed by atoms with Crippen molar-refractivity contribution in [2.24, 2.45) is 5.41 Å². The van der Waals surface area contributed by atoms with E-state index in [2.05, 4.69) is 47.2 Å². The number of methoxy groups -OCH3 is 1. The van der Waals surface area contributed by atoms with Crippen LogP contribution in [0, 0.1) is 5.41 Å². The van der Waals surface area contributed by atoms with Crippen molar-refractivity contribution in [2.75, 3.05) is 20.3 Å². The van der Waals surface area contributed by atoms with Crippen LogP contribution in [-0.2, 0) is 11.3 Å². The van der Waals surface area contributed by atoms with Crippen LogP contribution in [0.25, 0.3) is 0 Å². The van der Waals surface area contributed by atoms with E-state index >= 15 is 0 Å². The van der Waals surface area contributed by atoms with E-state index in [-0.39, 0.29) is 0 Å². The maximum absolute atomic E-state index is 5.11. The van der Waals surface area contributed by atoms with Crippen molar-refractivity contribution in [2.45, 2.75) is 26.8 Å². The molecule has 16 heavy (non-hydrogen) atoms. The van der Waals surface area contributed by atoms with E-state index in [4.69, 9.17) is 4.74 Å². The van der Waals surface area contributed by atoms with Gasteiger partial charge in [-0.2, -0.15) is 0 Å². The van der Waals surface area contributed by atoms with Crippen molar-refractivity contribution >= 4 is 27.3 Å². The van der Waals surface area contributed by atoms with E-state index in [1.54, 1.807) is 18.4 Å². The average molecular weight is 306 g/mol. The molecule has 1 aromatic heterocycles. The molecule has 0 amide bonds. The highest BCUT2D eigenvalue weighted by Crippen LogP contribution is 2.23. The summed E-state index contributed by atoms with van der Waals surface area (Å²) >= 11 is 5.26. The smallest absolute Gasteiger partial charge is 0.0701 e. The first kappa shape index (κ1) is 14.2. The maximum Gasteiger partial charge on any atom is 0.0701 e. The number of hydrogen-bond donors (Lipinski definition) is 1. The fourth-order valence-electron chi connectivity index (χ4n) is 1.44. The topological polar surface area (TPSA) is 21.3 Å². The minimum Gasteiger partial charge on any atom is -0.385 e. The SMILES string of the molecule is COCCC(C)(C)CNCc1ccc(Br)s1. The molecule has 0 saturated carbocycles. The number of halogens is 1. The van der Waals surface area contributed by atoms with E-state index in [0.29, 0.717) is 5.41 Å². The Balaban J connectivity index is 2.24. The van der Waals surface area contributed by atoms with Crippen LogP contribution in [0.1, 0.15) is 25.1 Å². The summed E-state index contributed by atoms with van der Waals surface area (Å²) in [4.78, 5) is 1.37. The van der Waals surface area contributed by atoms with Gasteiger partial charge in [0.05, 0.1) is 3.79 Å². The molecule has 1 heterocycles. The minimum atomic E-state index is 0.296. The average Bonchev–Trinajstić information content (AvgIpc) is 2.61. The number of thiophene rings is 1. The molecule has 1 aromatic rings. The third-order valence-electron chi connectivity index (χ3n) is 2.51. The highest BCUT2D eigenvalue weighted by molar-refractivity contribution is 9.11. The van der Waals surface area contributed by atoms with Gasteiger partial charge >= 0.3 is 0 Å². The molecule has 4 heteroatoms. The van der Waals surface area contributed by atoms with E-state index in [0.717, 1.165) is 26.1 Å². The molecule has 0 unspecified atom stereocenters. The number of ether oxygens (including phenoxy) is 1. The lowest BCUT2D eigenvalue weighted by Crippen LogP contribution is -2.29. The highest BCUT2D eigenvalue weighted by atomic mass is 79.9. The second kappa shape index (κ2) is 6.74. The molecule has 0 bridgehead atoms. The Kier molecular flexibility index (Phi) is 5.97. The largest absolute Gasteiger partial charge is 0.385 e. The molecule has 0 saturated heterocycles. The molecule has 0 spiro atoms. The fraction of sp³-hybridized carbons (Fsp3) is 0.667. The molecular formula is C12H20BrNOS. The van der Waals surface area contributed by atoms with Gasteiger partial charge in [-0.1, -0.05) is 13.8 Å². The number of nitrogens with one attached hydrogen (secondary N) is 1. The summed E-state index contributed by atoms with van der Waals surface area (Å²) in [5.74, 6) is 0. The molecule has 1 rings (SSSR count). The van der Waals surface area contributed by atoms with Crippen LogP contribution in [0.3, 0.4) is 0 Å². The second-order valence-corrected chi connectivity index (χ2v) is 7.26. The normalized spacial score (nSPS) is 12.0. The van der Waals surface area contributed by atoms with Crippen LogP contribution in [0.15, 0.2) is 15.9 Å². The van der Waals surface area contributed by atoms with Crippen LogP contribution in [0.5, 0.6) is 0 Å². The number of hydrogen-bond acceptors (Lipinski definition) is 3. The first-order valence-corrected chi connectivity index (χ1v) is 7.08. The first-order valence-electron chi connectivity index (χ1n) is 5.47. The molecule has 0 aliphatic heterocycles. The molecule has 2 nitrogen and oxygen atoms in total. The van der Waals surface area contributed by atoms with Gasteiger partial charge < -0.3 is 10.1 Å². The van der Waals surface area contributed by atoms with Gasteiger partial charge in [-0.3, -0.25) is 0 Å². The van der Waals surface area contributed by atoms with Crippen LogP contribution in [0.4, 0.5) is 0 Å². The Morgan fingerprint density at radius 1 is 1.44 bits per heavy atom. The summed E-state index contributed by atoms with van der Waals surface area (Å²) in [6.07, 6.45) is 1.09. The summed E-state index contributed by atoms with van der Waals surface area (Å²) in [5, 5.41) is 3.50. The van der Waals surface area contributed by atoms with Crippen molar-refractivity contribution in [1.29, 1.82) is 0 Å². The highest BCUT2D eigenvalue weighted by Gasteiger charge is 2.16.